The van der Waals surface area contributed by atoms with E-state index < -0.39 is 11.2 Å². The zero-order valence-corrected chi connectivity index (χ0v) is 9.93. The molecule has 1 rings (SSSR count). The summed E-state index contributed by atoms with van der Waals surface area (Å²) in [7, 11) is 0. The number of nitrogens with one attached hydrogen (secondary N) is 1. The molecule has 4 N–H and O–H groups in total. The van der Waals surface area contributed by atoms with E-state index in [1.165, 1.54) is 0 Å². The van der Waals surface area contributed by atoms with Crippen LogP contribution in [0.15, 0.2) is 12.3 Å². The molecule has 7 heteroatoms. The van der Waals surface area contributed by atoms with Crippen LogP contribution in [0.25, 0.3) is 0 Å². The molecule has 0 atom stereocenters. The Kier molecular flexibility index (Phi) is 5.50. The van der Waals surface area contributed by atoms with E-state index >= 15 is 0 Å². The van der Waals surface area contributed by atoms with E-state index in [1.54, 1.807) is 26.1 Å². The van der Waals surface area contributed by atoms with Crippen LogP contribution in [-0.2, 0) is 0 Å². The number of hydrogen-bond acceptors (Lipinski definition) is 5. The van der Waals surface area contributed by atoms with Crippen LogP contribution in [0.1, 0.15) is 27.7 Å². The summed E-state index contributed by atoms with van der Waals surface area (Å²) in [5.41, 5.74) is -1.56. The zero-order valence-electron chi connectivity index (χ0n) is 9.93. The summed E-state index contributed by atoms with van der Waals surface area (Å²) in [5.74, 6) is 0.562. The summed E-state index contributed by atoms with van der Waals surface area (Å²) in [6, 6.07) is 1.72. The van der Waals surface area contributed by atoms with Crippen molar-refractivity contribution >= 4 is 7.69 Å². The van der Waals surface area contributed by atoms with Crippen LogP contribution >= 0.6 is 0 Å². The van der Waals surface area contributed by atoms with Gasteiger partial charge in [0.2, 0.25) is 5.88 Å². The van der Waals surface area contributed by atoms with E-state index in [2.05, 4.69) is 10.2 Å². The van der Waals surface area contributed by atoms with Crippen molar-refractivity contribution in [1.29, 1.82) is 0 Å². The molecule has 0 aliphatic rings. The van der Waals surface area contributed by atoms with Crippen molar-refractivity contribution in [2.45, 2.75) is 38.9 Å². The van der Waals surface area contributed by atoms with Crippen LogP contribution in [0.2, 0.25) is 0 Å². The highest BCUT2D eigenvalue weighted by Gasteiger charge is 2.37. The Morgan fingerprint density at radius 2 is 1.81 bits per heavy atom. The lowest BCUT2D eigenvalue weighted by Crippen LogP contribution is -2.49. The number of nitrogens with zero attached hydrogens (tertiary/aromatic N) is 1. The first kappa shape index (κ1) is 15.0. The molecule has 0 saturated carbocycles. The highest BCUT2D eigenvalue weighted by Crippen LogP contribution is 2.26. The maximum Gasteiger partial charge on any atom is 0.482 e. The number of aliphatic hydroxyl groups is 1. The molecule has 16 heavy (non-hydrogen) atoms. The molecule has 0 saturated heterocycles. The monoisotopic (exact) mass is 229 g/mol. The Morgan fingerprint density at radius 1 is 1.31 bits per heavy atom. The van der Waals surface area contributed by atoms with Gasteiger partial charge in [0.25, 0.3) is 0 Å². The van der Waals surface area contributed by atoms with Crippen molar-refractivity contribution in [3.05, 3.63) is 12.3 Å². The van der Waals surface area contributed by atoms with E-state index in [-0.39, 0.29) is 7.69 Å². The number of aromatic nitrogens is 2. The van der Waals surface area contributed by atoms with Gasteiger partial charge in [0.05, 0.1) is 11.8 Å². The fourth-order valence-electron chi connectivity index (χ4n) is 0.700. The first-order valence-corrected chi connectivity index (χ1v) is 4.75. The number of H-pyrrole nitrogens is 1. The average Bonchev–Trinajstić information content (AvgIpc) is 2.55. The third-order valence-corrected chi connectivity index (χ3v) is 2.31. The molecule has 0 bridgehead atoms. The van der Waals surface area contributed by atoms with Gasteiger partial charge in [-0.1, -0.05) is 0 Å². The summed E-state index contributed by atoms with van der Waals surface area (Å²) in [5, 5.41) is 30.2. The van der Waals surface area contributed by atoms with E-state index in [1.807, 2.05) is 13.8 Å². The number of rotatable bonds is 3. The minimum Gasteiger partial charge on any atom is -0.469 e. The standard InChI is InChI=1S/C9H16N2O2.BH2O2/c1-8(2,12)9(3,4)13-7-5-6-10-11-7;2-1-3/h5-6,12H,1-4H3,(H,10,11);2-3H. The molecule has 1 aromatic rings. The maximum atomic E-state index is 9.78. The predicted molar refractivity (Wildman–Crippen MR) is 59.8 cm³/mol. The van der Waals surface area contributed by atoms with Gasteiger partial charge >= 0.3 is 7.69 Å². The molecular weight excluding hydrogens is 211 g/mol. The molecule has 6 nitrogen and oxygen atoms in total. The first-order chi connectivity index (χ1) is 7.24. The Hall–Kier alpha value is -1.05. The van der Waals surface area contributed by atoms with Crippen LogP contribution in [0.5, 0.6) is 5.88 Å². The second-order valence-corrected chi connectivity index (χ2v) is 4.21. The molecule has 0 spiro atoms. The predicted octanol–water partition coefficient (Wildman–Crippen LogP) is -0.157. The first-order valence-electron chi connectivity index (χ1n) is 4.75. The Labute approximate surface area is 95.6 Å². The van der Waals surface area contributed by atoms with Gasteiger partial charge in [0, 0.05) is 6.07 Å². The summed E-state index contributed by atoms with van der Waals surface area (Å²) in [6.45, 7) is 7.08. The van der Waals surface area contributed by atoms with Gasteiger partial charge in [-0.3, -0.25) is 0 Å². The van der Waals surface area contributed by atoms with E-state index in [0.717, 1.165) is 0 Å². The van der Waals surface area contributed by atoms with Gasteiger partial charge in [0.15, 0.2) is 0 Å². The second-order valence-electron chi connectivity index (χ2n) is 4.21. The fourth-order valence-corrected chi connectivity index (χ4v) is 0.700. The molecular formula is C9H18BN2O4. The van der Waals surface area contributed by atoms with Crippen molar-refractivity contribution in [3.63, 3.8) is 0 Å². The average molecular weight is 229 g/mol. The van der Waals surface area contributed by atoms with Gasteiger partial charge in [-0.15, -0.1) is 0 Å². The van der Waals surface area contributed by atoms with Gasteiger partial charge in [0.1, 0.15) is 5.60 Å². The van der Waals surface area contributed by atoms with E-state index in [9.17, 15) is 5.11 Å². The second kappa shape index (κ2) is 5.88. The van der Waals surface area contributed by atoms with Gasteiger partial charge in [-0.25, -0.2) is 5.10 Å². The molecule has 1 radical (unpaired) electrons. The van der Waals surface area contributed by atoms with E-state index in [4.69, 9.17) is 14.8 Å². The molecule has 0 aliphatic carbocycles. The highest BCUT2D eigenvalue weighted by atomic mass is 16.5. The molecule has 0 fully saturated rings. The Bertz CT molecular complexity index is 282. The number of hydrogen-bond donors (Lipinski definition) is 4. The topological polar surface area (TPSA) is 98.6 Å². The third-order valence-electron chi connectivity index (χ3n) is 2.31. The minimum absolute atomic E-state index is 0. The third kappa shape index (κ3) is 4.65. The quantitative estimate of drug-likeness (QED) is 0.540. The maximum absolute atomic E-state index is 9.78. The molecule has 0 unspecified atom stereocenters. The molecule has 0 amide bonds. The van der Waals surface area contributed by atoms with Gasteiger partial charge in [-0.05, 0) is 27.7 Å². The number of aromatic amines is 1. The van der Waals surface area contributed by atoms with Crippen LogP contribution in [0.3, 0.4) is 0 Å². The van der Waals surface area contributed by atoms with Crippen LogP contribution in [0.4, 0.5) is 0 Å². The largest absolute Gasteiger partial charge is 0.482 e. The van der Waals surface area contributed by atoms with Crippen LogP contribution in [-0.4, -0.2) is 44.2 Å². The van der Waals surface area contributed by atoms with Crippen LogP contribution in [0, 0.1) is 0 Å². The lowest BCUT2D eigenvalue weighted by Gasteiger charge is -2.36. The highest BCUT2D eigenvalue weighted by molar-refractivity contribution is 6.13. The Balaban J connectivity index is 0.000000673. The lowest BCUT2D eigenvalue weighted by atomic mass is 9.89. The van der Waals surface area contributed by atoms with Crippen molar-refractivity contribution in [1.82, 2.24) is 10.2 Å². The summed E-state index contributed by atoms with van der Waals surface area (Å²) < 4.78 is 5.54. The summed E-state index contributed by atoms with van der Waals surface area (Å²) in [6.07, 6.45) is 1.61. The molecule has 0 aliphatic heterocycles. The molecule has 0 aromatic carbocycles. The van der Waals surface area contributed by atoms with Crippen molar-refractivity contribution < 1.29 is 19.9 Å². The van der Waals surface area contributed by atoms with Crippen LogP contribution < -0.4 is 4.74 Å². The number of ether oxygens (including phenoxy) is 1. The van der Waals surface area contributed by atoms with Gasteiger partial charge < -0.3 is 19.9 Å². The minimum atomic E-state index is -0.905. The SMILES string of the molecule is CC(C)(O)C(C)(C)Oc1ccn[nH]1.O[B]O. The summed E-state index contributed by atoms with van der Waals surface area (Å²) >= 11 is 0. The lowest BCUT2D eigenvalue weighted by molar-refractivity contribution is -0.0925. The van der Waals surface area contributed by atoms with Gasteiger partial charge in [-0.2, -0.15) is 5.10 Å². The summed E-state index contributed by atoms with van der Waals surface area (Å²) in [4.78, 5) is 0. The smallest absolute Gasteiger partial charge is 0.469 e. The molecule has 1 aromatic heterocycles. The zero-order chi connectivity index (χ0) is 12.8. The molecule has 1 heterocycles. The van der Waals surface area contributed by atoms with E-state index in [0.29, 0.717) is 5.88 Å². The van der Waals surface area contributed by atoms with Crippen molar-refractivity contribution in [2.75, 3.05) is 0 Å². The Morgan fingerprint density at radius 3 is 2.12 bits per heavy atom. The fraction of sp³-hybridized carbons (Fsp3) is 0.667. The van der Waals surface area contributed by atoms with Crippen molar-refractivity contribution in [2.24, 2.45) is 0 Å². The van der Waals surface area contributed by atoms with Crippen molar-refractivity contribution in [3.8, 4) is 5.88 Å². The molecule has 91 valence electrons. The normalized spacial score (nSPS) is 11.4.